The summed E-state index contributed by atoms with van der Waals surface area (Å²) >= 11 is 0. The molecule has 2 aromatic carbocycles. The van der Waals surface area contributed by atoms with Crippen LogP contribution in [0.4, 0.5) is 35.3 Å². The molecule has 111 heavy (non-hydrogen) atoms. The van der Waals surface area contributed by atoms with Gasteiger partial charge in [0.25, 0.3) is 11.8 Å². The van der Waals surface area contributed by atoms with Crippen LogP contribution in [0.25, 0.3) is 33.1 Å². The number of halogens is 1. The first-order valence-electron chi connectivity index (χ1n) is 38.3. The number of fused-ring (bicyclic) bond motifs is 3. The van der Waals surface area contributed by atoms with Crippen LogP contribution >= 0.6 is 12.4 Å². The van der Waals surface area contributed by atoms with E-state index in [1.165, 1.54) is 31.8 Å². The van der Waals surface area contributed by atoms with Crippen LogP contribution in [0.15, 0.2) is 73.2 Å². The first kappa shape index (κ1) is 87.8. The van der Waals surface area contributed by atoms with Crippen molar-refractivity contribution >= 4 is 116 Å². The van der Waals surface area contributed by atoms with E-state index in [-0.39, 0.29) is 64.2 Å². The number of anilines is 6. The Balaban J connectivity index is 0.000000226. The highest BCUT2D eigenvalue weighted by atomic mass is 35.5. The molecule has 0 bridgehead atoms. The third-order valence-electron chi connectivity index (χ3n) is 19.8. The van der Waals surface area contributed by atoms with Crippen molar-refractivity contribution in [2.45, 2.75) is 208 Å². The number of carbonyl (C=O) groups excluding carboxylic acids is 5. The van der Waals surface area contributed by atoms with Crippen LogP contribution in [-0.4, -0.2) is 179 Å². The third-order valence-corrected chi connectivity index (χ3v) is 19.8. The molecule has 29 nitrogen and oxygen atoms in total. The van der Waals surface area contributed by atoms with Gasteiger partial charge in [0.15, 0.2) is 17.5 Å². The molecule has 3 atom stereocenters. The predicted molar refractivity (Wildman–Crippen MR) is 437 cm³/mol. The lowest BCUT2D eigenvalue weighted by atomic mass is 9.89. The smallest absolute Gasteiger partial charge is 0.337 e. The highest BCUT2D eigenvalue weighted by Gasteiger charge is 2.32. The number of ether oxygens (including phenoxy) is 4. The second-order valence-corrected chi connectivity index (χ2v) is 29.2. The summed E-state index contributed by atoms with van der Waals surface area (Å²) in [6.07, 6.45) is 20.1. The van der Waals surface area contributed by atoms with Gasteiger partial charge < -0.3 is 85.9 Å². The Labute approximate surface area is 657 Å². The Morgan fingerprint density at radius 3 is 1.14 bits per heavy atom. The molecule has 0 radical (unpaired) electrons. The number of hydrogen-bond acceptors (Lipinski definition) is 26. The minimum atomic E-state index is -1.09. The van der Waals surface area contributed by atoms with Gasteiger partial charge in [-0.1, -0.05) is 59.3 Å². The van der Waals surface area contributed by atoms with Crippen LogP contribution in [0.5, 0.6) is 23.0 Å². The zero-order chi connectivity index (χ0) is 79.5. The number of likely N-dealkylation sites (tertiary alicyclic amines) is 2. The number of carbonyl (C=O) groups is 6. The topological polar surface area (TPSA) is 380 Å². The molecule has 9 N–H and O–H groups in total. The third kappa shape index (κ3) is 25.6. The number of rotatable bonds is 37. The van der Waals surface area contributed by atoms with Gasteiger partial charge in [0.2, 0.25) is 17.8 Å². The molecule has 3 aliphatic heterocycles. The van der Waals surface area contributed by atoms with Crippen molar-refractivity contribution in [3.63, 3.8) is 0 Å². The van der Waals surface area contributed by atoms with E-state index in [0.717, 1.165) is 108 Å². The van der Waals surface area contributed by atoms with E-state index in [2.05, 4.69) is 103 Å². The van der Waals surface area contributed by atoms with Crippen LogP contribution < -0.4 is 56.6 Å². The molecule has 3 fully saturated rings. The second-order valence-electron chi connectivity index (χ2n) is 29.2. The van der Waals surface area contributed by atoms with Crippen molar-refractivity contribution in [2.75, 3.05) is 100 Å². The lowest BCUT2D eigenvalue weighted by Gasteiger charge is -2.32. The summed E-state index contributed by atoms with van der Waals surface area (Å²) in [5, 5.41) is 29.7. The van der Waals surface area contributed by atoms with Crippen molar-refractivity contribution in [1.82, 2.24) is 60.0 Å². The quantitative estimate of drug-likeness (QED) is 0.0179. The minimum absolute atomic E-state index is 0. The minimum Gasteiger partial charge on any atom is -0.497 e. The van der Waals surface area contributed by atoms with E-state index < -0.39 is 11.5 Å². The molecule has 2 amide bonds. The summed E-state index contributed by atoms with van der Waals surface area (Å²) < 4.78 is 21.6. The molecule has 0 aliphatic carbocycles. The van der Waals surface area contributed by atoms with E-state index in [0.29, 0.717) is 148 Å². The number of Topliss-reactive ketones (excluding diaryl/α,β-unsaturated/α-hetero) is 3. The van der Waals surface area contributed by atoms with Crippen molar-refractivity contribution in [1.29, 1.82) is 0 Å². The maximum absolute atomic E-state index is 12.9. The van der Waals surface area contributed by atoms with E-state index >= 15 is 0 Å². The van der Waals surface area contributed by atoms with Crippen LogP contribution in [0, 0.1) is 0 Å². The number of carboxylic acids is 1. The Morgan fingerprint density at radius 2 is 0.829 bits per heavy atom. The Morgan fingerprint density at radius 1 is 0.486 bits per heavy atom. The summed E-state index contributed by atoms with van der Waals surface area (Å²) in [4.78, 5) is 117. The fraction of sp³-hybridized carbons (Fsp3) is 0.519. The number of nitrogens with zero attached hydrogens (tertiary/aromatic N) is 11. The summed E-state index contributed by atoms with van der Waals surface area (Å²) in [5.41, 5.74) is 10.8. The Bertz CT molecular complexity index is 4480. The number of pyridine rings is 3. The van der Waals surface area contributed by atoms with Crippen LogP contribution in [0.2, 0.25) is 0 Å². The highest BCUT2D eigenvalue weighted by Crippen LogP contribution is 2.35. The zero-order valence-electron chi connectivity index (χ0n) is 66.7. The van der Waals surface area contributed by atoms with Crippen molar-refractivity contribution in [3.8, 4) is 23.0 Å². The highest BCUT2D eigenvalue weighted by molar-refractivity contribution is 6.00. The average molecular weight is 1550 g/mol. The standard InChI is InChI=1S/C30H40N6O4.C27H35N5O5.C21H30N6O2.C3H7N.ClH/c1-6-7-12-30(3,13-11-20(2)37)35-27-26-24(16-22(19-31-26)28(38)36-14-8-15-36)33-29(34-27)32-18-21-9-10-23(39-4)17-25(21)40-5;1-6-7-11-27(3,12-10-17(2)33)32-24-23-21(13-19(16-28-23)25(34)35)30-26(31-24)29-15-18-8-9-20(36-4)14-22(18)37-5;1-4-5-8-21(3,9-7-14(2)28)26-18-17-16(24-20(22)25-18)12-15(13-23-17)19(29)27-10-6-11-27;1-2-4-3-1;/h9-10,16-17,19H,6-8,11-15,18H2,1-5H3,(H2,32,33,34,35);8-9,13-14,16H,6-7,10-12,15H2,1-5H3,(H,34,35)(H2,29,30,31,32);12-13H,4-11H2,1-3H3,(H3,22,24,25,26);4H,1-3H2;1H/t30-;27-;21-;;/m111../s1. The number of nitrogen functional groups attached to an aromatic ring is 1. The summed E-state index contributed by atoms with van der Waals surface area (Å²) in [5.74, 6) is 4.41. The molecule has 3 saturated heterocycles. The fourth-order valence-electron chi connectivity index (χ4n) is 12.4. The molecule has 0 unspecified atom stereocenters. The zero-order valence-corrected chi connectivity index (χ0v) is 67.6. The van der Waals surface area contributed by atoms with Gasteiger partial charge in [-0.3, -0.25) is 9.59 Å². The van der Waals surface area contributed by atoms with E-state index in [4.69, 9.17) is 39.6 Å². The number of hydrogen-bond donors (Lipinski definition) is 8. The van der Waals surface area contributed by atoms with E-state index in [9.17, 15) is 33.9 Å². The van der Waals surface area contributed by atoms with Gasteiger partial charge in [-0.25, -0.2) is 34.7 Å². The Kier molecular flexibility index (Phi) is 33.3. The average Bonchev–Trinajstić information content (AvgIpc) is 0.789. The molecule has 0 spiro atoms. The van der Waals surface area contributed by atoms with Gasteiger partial charge in [-0.2, -0.15) is 15.0 Å². The number of unbranched alkanes of at least 4 members (excludes halogenated alkanes) is 3. The largest absolute Gasteiger partial charge is 0.497 e. The number of amides is 2. The molecule has 9 heterocycles. The number of benzene rings is 2. The summed E-state index contributed by atoms with van der Waals surface area (Å²) in [6, 6.07) is 16.1. The number of aromatic carboxylic acids is 1. The van der Waals surface area contributed by atoms with E-state index in [1.54, 1.807) is 84.7 Å². The monoisotopic (exact) mass is 1550 g/mol. The van der Waals surface area contributed by atoms with Gasteiger partial charge in [-0.15, -0.1) is 12.4 Å². The first-order chi connectivity index (χ1) is 52.7. The molecule has 30 heteroatoms. The lowest BCUT2D eigenvalue weighted by molar-refractivity contribution is -0.118. The number of nitrogens with two attached hydrogens (primary N) is 1. The first-order valence-corrected chi connectivity index (χ1v) is 38.3. The number of methoxy groups -OCH3 is 4. The van der Waals surface area contributed by atoms with Crippen LogP contribution in [-0.2, 0) is 27.5 Å². The number of nitrogens with one attached hydrogen (secondary N) is 6. The number of aromatic nitrogens is 9. The number of ketones is 3. The molecule has 3 aliphatic rings. The predicted octanol–water partition coefficient (Wildman–Crippen LogP) is 13.9. The Hall–Kier alpha value is -10.4. The molecule has 6 aromatic heterocycles. The SMILES string of the molecule is C1CNC1.CCCC[C@](C)(CCC(C)=O)Nc1nc(N)nc2cc(C(=O)N3CCC3)cnc12.CCCC[C@](C)(CCC(C)=O)Nc1nc(NCc2ccc(OC)cc2OC)nc2cc(C(=O)N3CCC3)cnc12.CCCC[C@](C)(CCC(C)=O)Nc1nc(NCc2ccc(OC)cc2OC)nc2cc(C(=O)O)cnc12.Cl. The van der Waals surface area contributed by atoms with Crippen molar-refractivity contribution in [3.05, 3.63) is 101 Å². The summed E-state index contributed by atoms with van der Waals surface area (Å²) in [6.45, 7) is 23.9. The van der Waals surface area contributed by atoms with Gasteiger partial charge in [-0.05, 0) is 155 Å². The fourth-order valence-corrected chi connectivity index (χ4v) is 12.4. The normalized spacial score (nSPS) is 14.3. The molecule has 11 rings (SSSR count). The number of carboxylic acid groups (broad SMARTS) is 1. The van der Waals surface area contributed by atoms with E-state index in [1.807, 2.05) is 35.2 Å². The van der Waals surface area contributed by atoms with Crippen molar-refractivity contribution in [2.24, 2.45) is 0 Å². The molecule has 600 valence electrons. The van der Waals surface area contributed by atoms with Crippen LogP contribution in [0.3, 0.4) is 0 Å². The maximum atomic E-state index is 12.9. The van der Waals surface area contributed by atoms with Gasteiger partial charge in [0.1, 0.15) is 56.9 Å². The molecule has 8 aromatic rings. The molecule has 0 saturated carbocycles. The van der Waals surface area contributed by atoms with Gasteiger partial charge >= 0.3 is 5.97 Å². The molecular weight excluding hydrogens is 1440 g/mol. The van der Waals surface area contributed by atoms with Gasteiger partial charge in [0.05, 0.1) is 61.7 Å². The summed E-state index contributed by atoms with van der Waals surface area (Å²) in [7, 11) is 6.41. The second kappa shape index (κ2) is 42.1. The van der Waals surface area contributed by atoms with Crippen LogP contribution in [0.1, 0.15) is 220 Å². The maximum Gasteiger partial charge on any atom is 0.337 e. The van der Waals surface area contributed by atoms with Crippen molar-refractivity contribution < 1.29 is 52.8 Å². The molecular formula is C81H113ClN18O11. The van der Waals surface area contributed by atoms with Gasteiger partial charge in [0, 0.05) is 117 Å². The lowest BCUT2D eigenvalue weighted by Crippen LogP contribution is -2.42.